The third-order valence-corrected chi connectivity index (χ3v) is 4.10. The minimum absolute atomic E-state index is 0.107. The number of nitrogens with one attached hydrogen (secondary N) is 1. The van der Waals surface area contributed by atoms with Gasteiger partial charge in [0.1, 0.15) is 5.75 Å². The Hall–Kier alpha value is -2.66. The number of aromatic nitrogens is 1. The fourth-order valence-corrected chi connectivity index (χ4v) is 2.97. The highest BCUT2D eigenvalue weighted by atomic mass is 32.1. The van der Waals surface area contributed by atoms with Gasteiger partial charge in [-0.1, -0.05) is 12.1 Å². The van der Waals surface area contributed by atoms with Crippen LogP contribution in [0.25, 0.3) is 10.4 Å². The SMILES string of the molecule is O=C(Cc1cccc(O)c1)Nc1csc(-c2ccncc2)c1. The van der Waals surface area contributed by atoms with Gasteiger partial charge in [-0.15, -0.1) is 11.3 Å². The number of carbonyl (C=O) groups excluding carboxylic acids is 1. The summed E-state index contributed by atoms with van der Waals surface area (Å²) >= 11 is 1.57. The molecule has 3 rings (SSSR count). The average Bonchev–Trinajstić information content (AvgIpc) is 2.96. The van der Waals surface area contributed by atoms with Crippen LogP contribution in [0, 0.1) is 0 Å². The molecule has 2 N–H and O–H groups in total. The number of amides is 1. The Morgan fingerprint density at radius 1 is 1.18 bits per heavy atom. The number of benzene rings is 1. The van der Waals surface area contributed by atoms with Crippen molar-refractivity contribution in [1.29, 1.82) is 0 Å². The quantitative estimate of drug-likeness (QED) is 0.772. The first-order valence-corrected chi connectivity index (χ1v) is 7.65. The van der Waals surface area contributed by atoms with Crippen LogP contribution in [-0.2, 0) is 11.2 Å². The molecular formula is C17H14N2O2S. The van der Waals surface area contributed by atoms with Crippen molar-refractivity contribution in [2.75, 3.05) is 5.32 Å². The predicted octanol–water partition coefficient (Wildman–Crippen LogP) is 3.70. The van der Waals surface area contributed by atoms with E-state index in [0.29, 0.717) is 0 Å². The van der Waals surface area contributed by atoms with Crippen molar-refractivity contribution in [3.05, 3.63) is 65.8 Å². The number of phenols is 1. The molecule has 0 unspecified atom stereocenters. The summed E-state index contributed by atoms with van der Waals surface area (Å²) in [5.41, 5.74) is 2.64. The van der Waals surface area contributed by atoms with Crippen LogP contribution in [-0.4, -0.2) is 16.0 Å². The third kappa shape index (κ3) is 3.51. The number of nitrogens with zero attached hydrogens (tertiary/aromatic N) is 1. The lowest BCUT2D eigenvalue weighted by Crippen LogP contribution is -2.13. The number of rotatable bonds is 4. The van der Waals surface area contributed by atoms with E-state index in [4.69, 9.17) is 0 Å². The summed E-state index contributed by atoms with van der Waals surface area (Å²) in [6, 6.07) is 12.5. The summed E-state index contributed by atoms with van der Waals surface area (Å²) in [5, 5.41) is 14.2. The van der Waals surface area contributed by atoms with Gasteiger partial charge >= 0.3 is 0 Å². The van der Waals surface area contributed by atoms with Gasteiger partial charge in [-0.2, -0.15) is 0 Å². The minimum atomic E-state index is -0.107. The second-order valence-corrected chi connectivity index (χ2v) is 5.74. The van der Waals surface area contributed by atoms with E-state index in [1.807, 2.05) is 29.6 Å². The molecule has 2 aromatic heterocycles. The molecule has 4 nitrogen and oxygen atoms in total. The molecule has 0 atom stereocenters. The molecule has 0 spiro atoms. The smallest absolute Gasteiger partial charge is 0.228 e. The molecule has 3 aromatic rings. The van der Waals surface area contributed by atoms with Crippen LogP contribution in [0.1, 0.15) is 5.56 Å². The Labute approximate surface area is 132 Å². The largest absolute Gasteiger partial charge is 0.508 e. The monoisotopic (exact) mass is 310 g/mol. The van der Waals surface area contributed by atoms with E-state index >= 15 is 0 Å². The van der Waals surface area contributed by atoms with Gasteiger partial charge in [-0.05, 0) is 41.5 Å². The summed E-state index contributed by atoms with van der Waals surface area (Å²) in [6.07, 6.45) is 3.72. The normalized spacial score (nSPS) is 10.4. The fourth-order valence-electron chi connectivity index (χ4n) is 2.13. The molecule has 1 amide bonds. The lowest BCUT2D eigenvalue weighted by molar-refractivity contribution is -0.115. The van der Waals surface area contributed by atoms with E-state index in [1.54, 1.807) is 41.9 Å². The molecule has 2 heterocycles. The van der Waals surface area contributed by atoms with Crippen LogP contribution in [0.3, 0.4) is 0 Å². The second-order valence-electron chi connectivity index (χ2n) is 4.83. The molecule has 110 valence electrons. The van der Waals surface area contributed by atoms with Crippen LogP contribution in [0.4, 0.5) is 5.69 Å². The number of anilines is 1. The van der Waals surface area contributed by atoms with Crippen molar-refractivity contribution in [3.8, 4) is 16.2 Å². The van der Waals surface area contributed by atoms with E-state index in [2.05, 4.69) is 10.3 Å². The Kier molecular flexibility index (Phi) is 4.16. The van der Waals surface area contributed by atoms with Crippen molar-refractivity contribution in [3.63, 3.8) is 0 Å². The summed E-state index contributed by atoms with van der Waals surface area (Å²) in [6.45, 7) is 0. The molecule has 0 aliphatic heterocycles. The lowest BCUT2D eigenvalue weighted by atomic mass is 10.1. The molecule has 0 aliphatic carbocycles. The Bertz CT molecular complexity index is 784. The van der Waals surface area contributed by atoms with Crippen LogP contribution in [0.2, 0.25) is 0 Å². The number of aromatic hydroxyl groups is 1. The lowest BCUT2D eigenvalue weighted by Gasteiger charge is -2.03. The van der Waals surface area contributed by atoms with Gasteiger partial charge in [0, 0.05) is 22.7 Å². The van der Waals surface area contributed by atoms with Crippen LogP contribution in [0.5, 0.6) is 5.75 Å². The molecule has 0 fully saturated rings. The van der Waals surface area contributed by atoms with Gasteiger partial charge < -0.3 is 10.4 Å². The van der Waals surface area contributed by atoms with E-state index < -0.39 is 0 Å². The number of hydrogen-bond acceptors (Lipinski definition) is 4. The molecule has 0 aliphatic rings. The number of hydrogen-bond donors (Lipinski definition) is 2. The maximum Gasteiger partial charge on any atom is 0.228 e. The first-order valence-electron chi connectivity index (χ1n) is 6.77. The molecule has 5 heteroatoms. The van der Waals surface area contributed by atoms with Gasteiger partial charge in [0.2, 0.25) is 5.91 Å². The summed E-state index contributed by atoms with van der Waals surface area (Å²) in [7, 11) is 0. The number of thiophene rings is 1. The molecule has 0 bridgehead atoms. The van der Waals surface area contributed by atoms with E-state index in [9.17, 15) is 9.90 Å². The maximum absolute atomic E-state index is 12.0. The van der Waals surface area contributed by atoms with Gasteiger partial charge in [0.15, 0.2) is 0 Å². The first-order chi connectivity index (χ1) is 10.7. The number of pyridine rings is 1. The zero-order chi connectivity index (χ0) is 15.4. The topological polar surface area (TPSA) is 62.2 Å². The fraction of sp³-hybridized carbons (Fsp3) is 0.0588. The molecule has 22 heavy (non-hydrogen) atoms. The van der Waals surface area contributed by atoms with Gasteiger partial charge in [-0.3, -0.25) is 9.78 Å². The standard InChI is InChI=1S/C17H14N2O2S/c20-15-3-1-2-12(8-15)9-17(21)19-14-10-16(22-11-14)13-4-6-18-7-5-13/h1-8,10-11,20H,9H2,(H,19,21). The first kappa shape index (κ1) is 14.3. The third-order valence-electron chi connectivity index (χ3n) is 3.12. The summed E-state index contributed by atoms with van der Waals surface area (Å²) in [5.74, 6) is 0.0606. The van der Waals surface area contributed by atoms with Gasteiger partial charge in [-0.25, -0.2) is 0 Å². The van der Waals surface area contributed by atoms with Crippen molar-refractivity contribution in [1.82, 2.24) is 4.98 Å². The average molecular weight is 310 g/mol. The zero-order valence-electron chi connectivity index (χ0n) is 11.7. The number of carbonyl (C=O) groups is 1. The maximum atomic E-state index is 12.0. The zero-order valence-corrected chi connectivity index (χ0v) is 12.5. The predicted molar refractivity (Wildman–Crippen MR) is 88.0 cm³/mol. The Morgan fingerprint density at radius 2 is 2.00 bits per heavy atom. The molecular weight excluding hydrogens is 296 g/mol. The highest BCUT2D eigenvalue weighted by molar-refractivity contribution is 7.14. The molecule has 0 radical (unpaired) electrons. The number of phenolic OH excluding ortho intramolecular Hbond substituents is 1. The van der Waals surface area contributed by atoms with E-state index in [-0.39, 0.29) is 18.1 Å². The Balaban J connectivity index is 1.66. The van der Waals surface area contributed by atoms with Crippen molar-refractivity contribution in [2.45, 2.75) is 6.42 Å². The van der Waals surface area contributed by atoms with Gasteiger partial charge in [0.25, 0.3) is 0 Å². The van der Waals surface area contributed by atoms with Crippen molar-refractivity contribution >= 4 is 22.9 Å². The van der Waals surface area contributed by atoms with Crippen LogP contribution < -0.4 is 5.32 Å². The molecule has 0 saturated carbocycles. The summed E-state index contributed by atoms with van der Waals surface area (Å²) in [4.78, 5) is 17.1. The summed E-state index contributed by atoms with van der Waals surface area (Å²) < 4.78 is 0. The second kappa shape index (κ2) is 6.41. The molecule has 0 saturated heterocycles. The highest BCUT2D eigenvalue weighted by Gasteiger charge is 2.07. The van der Waals surface area contributed by atoms with Crippen molar-refractivity contribution in [2.24, 2.45) is 0 Å². The van der Waals surface area contributed by atoms with Crippen LogP contribution in [0.15, 0.2) is 60.2 Å². The van der Waals surface area contributed by atoms with Crippen molar-refractivity contribution < 1.29 is 9.90 Å². The molecule has 1 aromatic carbocycles. The Morgan fingerprint density at radius 3 is 2.77 bits per heavy atom. The van der Waals surface area contributed by atoms with Gasteiger partial charge in [0.05, 0.1) is 12.1 Å². The van der Waals surface area contributed by atoms with Crippen LogP contribution >= 0.6 is 11.3 Å². The van der Waals surface area contributed by atoms with E-state index in [0.717, 1.165) is 21.7 Å². The van der Waals surface area contributed by atoms with E-state index in [1.165, 1.54) is 0 Å². The highest BCUT2D eigenvalue weighted by Crippen LogP contribution is 2.29. The minimum Gasteiger partial charge on any atom is -0.508 e.